The summed E-state index contributed by atoms with van der Waals surface area (Å²) in [6.45, 7) is 9.22. The van der Waals surface area contributed by atoms with Gasteiger partial charge in [-0.2, -0.15) is 0 Å². The fraction of sp³-hybridized carbons (Fsp3) is 0.500. The van der Waals surface area contributed by atoms with E-state index in [9.17, 15) is 0 Å². The van der Waals surface area contributed by atoms with Crippen LogP contribution in [-0.2, 0) is 19.5 Å². The van der Waals surface area contributed by atoms with Gasteiger partial charge in [0.15, 0.2) is 0 Å². The standard InChI is InChI=1S/C16H22N4S/c1-16(2,3)19-10-12-8-17-15(18-9-12)20-6-4-14-13(11-20)5-7-21-14/h5,7-9,19H,4,6,10-11H2,1-3H3. The van der Waals surface area contributed by atoms with Gasteiger partial charge in [-0.25, -0.2) is 9.97 Å². The molecule has 1 N–H and O–H groups in total. The van der Waals surface area contributed by atoms with Crippen LogP contribution in [0.25, 0.3) is 0 Å². The molecule has 3 rings (SSSR count). The van der Waals surface area contributed by atoms with E-state index in [1.165, 1.54) is 10.4 Å². The highest BCUT2D eigenvalue weighted by Crippen LogP contribution is 2.25. The number of nitrogens with zero attached hydrogens (tertiary/aromatic N) is 3. The summed E-state index contributed by atoms with van der Waals surface area (Å²) in [7, 11) is 0. The van der Waals surface area contributed by atoms with Crippen LogP contribution in [0.4, 0.5) is 5.95 Å². The fourth-order valence-electron chi connectivity index (χ4n) is 2.39. The Hall–Kier alpha value is -1.46. The fourth-order valence-corrected chi connectivity index (χ4v) is 3.28. The molecule has 0 aromatic carbocycles. The molecule has 5 heteroatoms. The van der Waals surface area contributed by atoms with Crippen LogP contribution in [0.15, 0.2) is 23.8 Å². The van der Waals surface area contributed by atoms with Crippen molar-refractivity contribution in [1.82, 2.24) is 15.3 Å². The lowest BCUT2D eigenvalue weighted by molar-refractivity contribution is 0.423. The predicted octanol–water partition coefficient (Wildman–Crippen LogP) is 2.99. The second kappa shape index (κ2) is 5.73. The maximum atomic E-state index is 4.54. The molecule has 0 aliphatic carbocycles. The Bertz CT molecular complexity index is 597. The zero-order chi connectivity index (χ0) is 14.9. The van der Waals surface area contributed by atoms with Crippen molar-refractivity contribution in [1.29, 1.82) is 0 Å². The number of thiophene rings is 1. The lowest BCUT2D eigenvalue weighted by Crippen LogP contribution is -2.35. The molecule has 0 atom stereocenters. The third-order valence-corrected chi connectivity index (χ3v) is 4.63. The number of nitrogens with one attached hydrogen (secondary N) is 1. The minimum absolute atomic E-state index is 0.112. The van der Waals surface area contributed by atoms with Crippen molar-refractivity contribution in [3.05, 3.63) is 39.8 Å². The van der Waals surface area contributed by atoms with Crippen molar-refractivity contribution >= 4 is 17.3 Å². The first-order chi connectivity index (χ1) is 10.0. The Labute approximate surface area is 130 Å². The van der Waals surface area contributed by atoms with E-state index in [2.05, 4.69) is 52.4 Å². The summed E-state index contributed by atoms with van der Waals surface area (Å²) in [5.41, 5.74) is 2.66. The molecule has 112 valence electrons. The van der Waals surface area contributed by atoms with Crippen molar-refractivity contribution in [2.24, 2.45) is 0 Å². The van der Waals surface area contributed by atoms with Crippen LogP contribution in [-0.4, -0.2) is 22.1 Å². The summed E-state index contributed by atoms with van der Waals surface area (Å²) in [5, 5.41) is 5.63. The number of hydrogen-bond acceptors (Lipinski definition) is 5. The van der Waals surface area contributed by atoms with E-state index in [-0.39, 0.29) is 5.54 Å². The molecule has 2 aromatic heterocycles. The molecule has 2 aromatic rings. The van der Waals surface area contributed by atoms with Crippen molar-refractivity contribution in [2.75, 3.05) is 11.4 Å². The predicted molar refractivity (Wildman–Crippen MR) is 87.7 cm³/mol. The Balaban J connectivity index is 1.65. The van der Waals surface area contributed by atoms with Crippen molar-refractivity contribution in [3.8, 4) is 0 Å². The Kier molecular flexibility index (Phi) is 3.95. The van der Waals surface area contributed by atoms with Gasteiger partial charge in [-0.1, -0.05) is 0 Å². The van der Waals surface area contributed by atoms with Crippen molar-refractivity contribution < 1.29 is 0 Å². The Morgan fingerprint density at radius 3 is 2.76 bits per heavy atom. The molecule has 0 saturated carbocycles. The highest BCUT2D eigenvalue weighted by atomic mass is 32.1. The van der Waals surface area contributed by atoms with Crippen LogP contribution in [0.3, 0.4) is 0 Å². The number of anilines is 1. The van der Waals surface area contributed by atoms with Gasteiger partial charge in [0.2, 0.25) is 5.95 Å². The SMILES string of the molecule is CC(C)(C)NCc1cnc(N2CCc3sccc3C2)nc1. The topological polar surface area (TPSA) is 41.1 Å². The summed E-state index contributed by atoms with van der Waals surface area (Å²) in [6.07, 6.45) is 4.97. The summed E-state index contributed by atoms with van der Waals surface area (Å²) in [5.74, 6) is 0.839. The monoisotopic (exact) mass is 302 g/mol. The zero-order valence-electron chi connectivity index (χ0n) is 12.9. The van der Waals surface area contributed by atoms with E-state index < -0.39 is 0 Å². The largest absolute Gasteiger partial charge is 0.336 e. The van der Waals surface area contributed by atoms with Crippen LogP contribution in [0, 0.1) is 0 Å². The smallest absolute Gasteiger partial charge is 0.225 e. The third kappa shape index (κ3) is 3.60. The van der Waals surface area contributed by atoms with Gasteiger partial charge in [0, 0.05) is 48.0 Å². The zero-order valence-corrected chi connectivity index (χ0v) is 13.7. The summed E-state index contributed by atoms with van der Waals surface area (Å²) in [6, 6.07) is 2.22. The minimum atomic E-state index is 0.112. The van der Waals surface area contributed by atoms with Crippen LogP contribution in [0.5, 0.6) is 0 Å². The maximum absolute atomic E-state index is 4.54. The second-order valence-corrected chi connectivity index (χ2v) is 7.54. The van der Waals surface area contributed by atoms with Gasteiger partial charge < -0.3 is 10.2 Å². The lowest BCUT2D eigenvalue weighted by atomic mass is 10.1. The number of aromatic nitrogens is 2. The minimum Gasteiger partial charge on any atom is -0.336 e. The van der Waals surface area contributed by atoms with Gasteiger partial charge in [-0.3, -0.25) is 0 Å². The van der Waals surface area contributed by atoms with Crippen molar-refractivity contribution in [2.45, 2.75) is 45.8 Å². The van der Waals surface area contributed by atoms with Gasteiger partial charge in [0.25, 0.3) is 0 Å². The average Bonchev–Trinajstić information content (AvgIpc) is 2.92. The van der Waals surface area contributed by atoms with Gasteiger partial charge in [0.05, 0.1) is 0 Å². The molecular formula is C16H22N4S. The Morgan fingerprint density at radius 1 is 1.29 bits per heavy atom. The van der Waals surface area contributed by atoms with Crippen LogP contribution in [0.1, 0.15) is 36.8 Å². The second-order valence-electron chi connectivity index (χ2n) is 6.54. The number of fused-ring (bicyclic) bond motifs is 1. The van der Waals surface area contributed by atoms with E-state index in [0.717, 1.165) is 37.6 Å². The molecule has 3 heterocycles. The van der Waals surface area contributed by atoms with E-state index in [1.807, 2.05) is 23.7 Å². The molecule has 1 aliphatic heterocycles. The molecule has 21 heavy (non-hydrogen) atoms. The normalized spacial score (nSPS) is 15.1. The summed E-state index contributed by atoms with van der Waals surface area (Å²) in [4.78, 5) is 12.8. The maximum Gasteiger partial charge on any atom is 0.225 e. The van der Waals surface area contributed by atoms with E-state index in [0.29, 0.717) is 0 Å². The Morgan fingerprint density at radius 2 is 2.05 bits per heavy atom. The molecule has 0 bridgehead atoms. The molecule has 0 spiro atoms. The van der Waals surface area contributed by atoms with Gasteiger partial charge >= 0.3 is 0 Å². The van der Waals surface area contributed by atoms with Gasteiger partial charge in [-0.15, -0.1) is 11.3 Å². The van der Waals surface area contributed by atoms with Crippen LogP contribution in [0.2, 0.25) is 0 Å². The highest BCUT2D eigenvalue weighted by molar-refractivity contribution is 7.10. The molecule has 0 radical (unpaired) electrons. The molecule has 0 saturated heterocycles. The number of rotatable bonds is 3. The molecule has 1 aliphatic rings. The van der Waals surface area contributed by atoms with E-state index in [1.54, 1.807) is 0 Å². The first-order valence-corrected chi connectivity index (χ1v) is 8.25. The average molecular weight is 302 g/mol. The molecule has 0 unspecified atom stereocenters. The van der Waals surface area contributed by atoms with Gasteiger partial charge in [-0.05, 0) is 44.2 Å². The van der Waals surface area contributed by atoms with Crippen LogP contribution < -0.4 is 10.2 Å². The summed E-state index contributed by atoms with van der Waals surface area (Å²) < 4.78 is 0. The van der Waals surface area contributed by atoms with E-state index >= 15 is 0 Å². The van der Waals surface area contributed by atoms with E-state index in [4.69, 9.17) is 0 Å². The highest BCUT2D eigenvalue weighted by Gasteiger charge is 2.19. The van der Waals surface area contributed by atoms with Crippen molar-refractivity contribution in [3.63, 3.8) is 0 Å². The van der Waals surface area contributed by atoms with Crippen LogP contribution >= 0.6 is 11.3 Å². The first-order valence-electron chi connectivity index (χ1n) is 7.37. The molecule has 0 amide bonds. The number of hydrogen-bond donors (Lipinski definition) is 1. The molecular weight excluding hydrogens is 280 g/mol. The van der Waals surface area contributed by atoms with Gasteiger partial charge in [0.1, 0.15) is 0 Å². The molecule has 4 nitrogen and oxygen atoms in total. The summed E-state index contributed by atoms with van der Waals surface area (Å²) >= 11 is 1.86. The molecule has 0 fully saturated rings. The first kappa shape index (κ1) is 14.5. The lowest BCUT2D eigenvalue weighted by Gasteiger charge is -2.27. The quantitative estimate of drug-likeness (QED) is 0.946. The third-order valence-electron chi connectivity index (χ3n) is 3.61.